The van der Waals surface area contributed by atoms with E-state index in [0.29, 0.717) is 0 Å². The molecule has 0 N–H and O–H groups in total. The Hall–Kier alpha value is -2.29. The van der Waals surface area contributed by atoms with Gasteiger partial charge in [-0.25, -0.2) is 4.98 Å². The van der Waals surface area contributed by atoms with Gasteiger partial charge in [0, 0.05) is 6.54 Å². The number of rotatable bonds is 6. The van der Waals surface area contributed by atoms with Crippen LogP contribution in [0.5, 0.6) is 5.75 Å². The van der Waals surface area contributed by atoms with Gasteiger partial charge in [0.1, 0.15) is 5.75 Å². The lowest BCUT2D eigenvalue weighted by Gasteiger charge is -2.12. The van der Waals surface area contributed by atoms with E-state index in [1.165, 1.54) is 16.6 Å². The number of aromatic nitrogens is 2. The van der Waals surface area contributed by atoms with Crippen LogP contribution in [0.15, 0.2) is 48.8 Å². The molecule has 3 heteroatoms. The Morgan fingerprint density at radius 3 is 2.55 bits per heavy atom. The second-order valence-electron chi connectivity index (χ2n) is 5.70. The number of hydrogen-bond donors (Lipinski definition) is 0. The van der Waals surface area contributed by atoms with Crippen LogP contribution >= 0.6 is 0 Å². The Morgan fingerprint density at radius 1 is 0.955 bits per heavy atom. The first kappa shape index (κ1) is 14.6. The Kier molecular flexibility index (Phi) is 4.42. The number of imidazole rings is 1. The van der Waals surface area contributed by atoms with Gasteiger partial charge in [-0.3, -0.25) is 0 Å². The van der Waals surface area contributed by atoms with Crippen molar-refractivity contribution < 1.29 is 4.74 Å². The first-order chi connectivity index (χ1) is 10.8. The second kappa shape index (κ2) is 6.65. The first-order valence-electron chi connectivity index (χ1n) is 7.84. The highest BCUT2D eigenvalue weighted by Gasteiger charge is 2.03. The Labute approximate surface area is 131 Å². The van der Waals surface area contributed by atoms with E-state index in [-0.39, 0.29) is 0 Å². The average molecular weight is 294 g/mol. The van der Waals surface area contributed by atoms with Gasteiger partial charge in [-0.15, -0.1) is 0 Å². The zero-order valence-electron chi connectivity index (χ0n) is 13.2. The molecule has 0 aliphatic rings. The van der Waals surface area contributed by atoms with Gasteiger partial charge in [-0.1, -0.05) is 30.3 Å². The van der Waals surface area contributed by atoms with E-state index in [0.717, 1.165) is 37.3 Å². The molecule has 114 valence electrons. The van der Waals surface area contributed by atoms with Crippen molar-refractivity contribution in [1.29, 1.82) is 0 Å². The molecule has 3 aromatic rings. The number of unbranched alkanes of at least 4 members (excludes halogenated alkanes) is 1. The molecule has 3 nitrogen and oxygen atoms in total. The average Bonchev–Trinajstić information content (AvgIpc) is 2.93. The largest absolute Gasteiger partial charge is 0.493 e. The Morgan fingerprint density at radius 2 is 1.73 bits per heavy atom. The van der Waals surface area contributed by atoms with Gasteiger partial charge in [0.05, 0.1) is 24.0 Å². The van der Waals surface area contributed by atoms with Crippen molar-refractivity contribution in [3.05, 3.63) is 59.9 Å². The quantitative estimate of drug-likeness (QED) is 0.625. The van der Waals surface area contributed by atoms with Crippen LogP contribution in [0.4, 0.5) is 0 Å². The lowest BCUT2D eigenvalue weighted by molar-refractivity contribution is 0.299. The smallest absolute Gasteiger partial charge is 0.125 e. The third-order valence-corrected chi connectivity index (χ3v) is 3.98. The monoisotopic (exact) mass is 294 g/mol. The highest BCUT2D eigenvalue weighted by molar-refractivity contribution is 5.74. The number of para-hydroxylation sites is 3. The number of benzene rings is 2. The molecule has 3 rings (SSSR count). The van der Waals surface area contributed by atoms with Crippen LogP contribution in [0.2, 0.25) is 0 Å². The summed E-state index contributed by atoms with van der Waals surface area (Å²) in [6.45, 7) is 5.94. The third-order valence-electron chi connectivity index (χ3n) is 3.98. The molecule has 0 aliphatic heterocycles. The predicted molar refractivity (Wildman–Crippen MR) is 90.4 cm³/mol. The molecule has 1 heterocycles. The highest BCUT2D eigenvalue weighted by Crippen LogP contribution is 2.22. The van der Waals surface area contributed by atoms with Gasteiger partial charge in [0.15, 0.2) is 0 Å². The van der Waals surface area contributed by atoms with Crippen molar-refractivity contribution in [3.8, 4) is 5.75 Å². The minimum absolute atomic E-state index is 0.762. The zero-order chi connectivity index (χ0) is 15.4. The number of ether oxygens (including phenoxy) is 1. The zero-order valence-corrected chi connectivity index (χ0v) is 13.2. The second-order valence-corrected chi connectivity index (χ2v) is 5.70. The van der Waals surface area contributed by atoms with Gasteiger partial charge in [0.25, 0.3) is 0 Å². The topological polar surface area (TPSA) is 27.1 Å². The van der Waals surface area contributed by atoms with Crippen LogP contribution in [-0.2, 0) is 6.54 Å². The normalized spacial score (nSPS) is 11.0. The summed E-state index contributed by atoms with van der Waals surface area (Å²) in [7, 11) is 0. The Balaban J connectivity index is 1.50. The fourth-order valence-electron chi connectivity index (χ4n) is 2.77. The van der Waals surface area contributed by atoms with E-state index < -0.39 is 0 Å². The first-order valence-corrected chi connectivity index (χ1v) is 7.84. The van der Waals surface area contributed by atoms with Gasteiger partial charge >= 0.3 is 0 Å². The van der Waals surface area contributed by atoms with Gasteiger partial charge in [-0.2, -0.15) is 0 Å². The molecular formula is C19H22N2O. The molecule has 22 heavy (non-hydrogen) atoms. The summed E-state index contributed by atoms with van der Waals surface area (Å²) in [6.07, 6.45) is 4.06. The molecular weight excluding hydrogens is 272 g/mol. The molecule has 0 radical (unpaired) electrons. The van der Waals surface area contributed by atoms with E-state index >= 15 is 0 Å². The number of aryl methyl sites for hydroxylation is 3. The summed E-state index contributed by atoms with van der Waals surface area (Å²) < 4.78 is 8.17. The summed E-state index contributed by atoms with van der Waals surface area (Å²) in [5, 5.41) is 0. The van der Waals surface area contributed by atoms with E-state index in [9.17, 15) is 0 Å². The molecule has 0 fully saturated rings. The lowest BCUT2D eigenvalue weighted by atomic mass is 10.1. The standard InChI is InChI=1S/C19H22N2O/c1-15-8-7-9-16(2)19(15)22-13-6-5-12-21-14-20-17-10-3-4-11-18(17)21/h3-4,7-11,14H,5-6,12-13H2,1-2H3. The van der Waals surface area contributed by atoms with Gasteiger partial charge in [0.2, 0.25) is 0 Å². The van der Waals surface area contributed by atoms with Gasteiger partial charge in [-0.05, 0) is 49.9 Å². The fraction of sp³-hybridized carbons (Fsp3) is 0.316. The van der Waals surface area contributed by atoms with E-state index in [4.69, 9.17) is 4.74 Å². The Bertz CT molecular complexity index is 741. The maximum Gasteiger partial charge on any atom is 0.125 e. The van der Waals surface area contributed by atoms with Crippen LogP contribution in [0.3, 0.4) is 0 Å². The van der Waals surface area contributed by atoms with Crippen LogP contribution in [0.25, 0.3) is 11.0 Å². The molecule has 0 unspecified atom stereocenters. The maximum atomic E-state index is 5.95. The van der Waals surface area contributed by atoms with Crippen molar-refractivity contribution in [1.82, 2.24) is 9.55 Å². The van der Waals surface area contributed by atoms with Crippen LogP contribution in [0, 0.1) is 13.8 Å². The van der Waals surface area contributed by atoms with Crippen molar-refractivity contribution in [2.24, 2.45) is 0 Å². The van der Waals surface area contributed by atoms with Crippen molar-refractivity contribution in [2.45, 2.75) is 33.2 Å². The lowest BCUT2D eigenvalue weighted by Crippen LogP contribution is -2.03. The SMILES string of the molecule is Cc1cccc(C)c1OCCCCn1cnc2ccccc21. The van der Waals surface area contributed by atoms with Crippen LogP contribution in [-0.4, -0.2) is 16.2 Å². The van der Waals surface area contributed by atoms with E-state index in [1.54, 1.807) is 0 Å². The molecule has 0 amide bonds. The highest BCUT2D eigenvalue weighted by atomic mass is 16.5. The fourth-order valence-corrected chi connectivity index (χ4v) is 2.77. The van der Waals surface area contributed by atoms with E-state index in [2.05, 4.69) is 59.8 Å². The summed E-state index contributed by atoms with van der Waals surface area (Å²) in [5.74, 6) is 1.04. The van der Waals surface area contributed by atoms with Crippen LogP contribution in [0.1, 0.15) is 24.0 Å². The molecule has 1 aromatic heterocycles. The van der Waals surface area contributed by atoms with Crippen molar-refractivity contribution in [2.75, 3.05) is 6.61 Å². The molecule has 0 bridgehead atoms. The minimum atomic E-state index is 0.762. The van der Waals surface area contributed by atoms with Crippen molar-refractivity contribution in [3.63, 3.8) is 0 Å². The molecule has 0 spiro atoms. The molecule has 0 saturated heterocycles. The maximum absolute atomic E-state index is 5.95. The molecule has 0 atom stereocenters. The van der Waals surface area contributed by atoms with E-state index in [1.807, 2.05) is 12.4 Å². The van der Waals surface area contributed by atoms with Gasteiger partial charge < -0.3 is 9.30 Å². The number of hydrogen-bond acceptors (Lipinski definition) is 2. The number of fused-ring (bicyclic) bond motifs is 1. The summed E-state index contributed by atoms with van der Waals surface area (Å²) in [5.41, 5.74) is 4.69. The number of nitrogens with zero attached hydrogens (tertiary/aromatic N) is 2. The summed E-state index contributed by atoms with van der Waals surface area (Å²) in [6, 6.07) is 14.5. The summed E-state index contributed by atoms with van der Waals surface area (Å²) in [4.78, 5) is 4.42. The molecule has 0 saturated carbocycles. The van der Waals surface area contributed by atoms with Crippen LogP contribution < -0.4 is 4.74 Å². The van der Waals surface area contributed by atoms with Crippen molar-refractivity contribution >= 4 is 11.0 Å². The molecule has 2 aromatic carbocycles. The summed E-state index contributed by atoms with van der Waals surface area (Å²) >= 11 is 0. The minimum Gasteiger partial charge on any atom is -0.493 e. The third kappa shape index (κ3) is 3.14. The molecule has 0 aliphatic carbocycles. The predicted octanol–water partition coefficient (Wildman–Crippen LogP) is 4.51.